The van der Waals surface area contributed by atoms with Crippen LogP contribution in [0.2, 0.25) is 5.02 Å². The molecule has 1 aliphatic rings. The van der Waals surface area contributed by atoms with Gasteiger partial charge in [-0.2, -0.15) is 0 Å². The van der Waals surface area contributed by atoms with Crippen molar-refractivity contribution in [2.24, 2.45) is 0 Å². The lowest BCUT2D eigenvalue weighted by molar-refractivity contribution is 0.312. The van der Waals surface area contributed by atoms with Crippen LogP contribution in [0.1, 0.15) is 0 Å². The maximum absolute atomic E-state index is 6.06. The predicted molar refractivity (Wildman–Crippen MR) is 61.2 cm³/mol. The Balaban J connectivity index is 2.19. The molecule has 0 unspecified atom stereocenters. The molecule has 1 fully saturated rings. The van der Waals surface area contributed by atoms with Crippen LogP contribution in [-0.4, -0.2) is 48.1 Å². The number of likely N-dealkylation sites (N-methyl/N-ethyl adjacent to an activating group) is 1. The molecule has 6 heteroatoms. The summed E-state index contributed by atoms with van der Waals surface area (Å²) in [6.45, 7) is 3.87. The summed E-state index contributed by atoms with van der Waals surface area (Å²) in [5.41, 5.74) is 5.63. The molecule has 0 radical (unpaired) electrons. The zero-order chi connectivity index (χ0) is 10.8. The molecule has 1 aliphatic heterocycles. The zero-order valence-electron chi connectivity index (χ0n) is 8.65. The average molecular weight is 228 g/mol. The van der Waals surface area contributed by atoms with Gasteiger partial charge in [0.2, 0.25) is 0 Å². The highest BCUT2D eigenvalue weighted by molar-refractivity contribution is 6.35. The monoisotopic (exact) mass is 227 g/mol. The van der Waals surface area contributed by atoms with Gasteiger partial charge in [-0.15, -0.1) is 0 Å². The highest BCUT2D eigenvalue weighted by Crippen LogP contribution is 2.27. The van der Waals surface area contributed by atoms with Crippen LogP contribution in [0.25, 0.3) is 0 Å². The molecule has 15 heavy (non-hydrogen) atoms. The van der Waals surface area contributed by atoms with Gasteiger partial charge < -0.3 is 15.5 Å². The van der Waals surface area contributed by atoms with Crippen LogP contribution >= 0.6 is 11.6 Å². The minimum Gasteiger partial charge on any atom is -0.382 e. The van der Waals surface area contributed by atoms with Gasteiger partial charge in [-0.25, -0.2) is 9.97 Å². The van der Waals surface area contributed by atoms with Gasteiger partial charge in [0.05, 0.1) is 0 Å². The first-order chi connectivity index (χ1) is 7.18. The van der Waals surface area contributed by atoms with Crippen molar-refractivity contribution in [3.8, 4) is 0 Å². The fraction of sp³-hybridized carbons (Fsp3) is 0.556. The van der Waals surface area contributed by atoms with Crippen molar-refractivity contribution >= 4 is 23.2 Å². The van der Waals surface area contributed by atoms with E-state index in [0.29, 0.717) is 10.8 Å². The van der Waals surface area contributed by atoms with Gasteiger partial charge in [-0.1, -0.05) is 11.6 Å². The largest absolute Gasteiger partial charge is 0.382 e. The molecule has 0 aliphatic carbocycles. The number of hydrogen-bond acceptors (Lipinski definition) is 5. The number of nitrogen functional groups attached to an aromatic ring is 1. The van der Waals surface area contributed by atoms with Crippen LogP contribution < -0.4 is 10.6 Å². The van der Waals surface area contributed by atoms with Crippen molar-refractivity contribution < 1.29 is 0 Å². The quantitative estimate of drug-likeness (QED) is 0.756. The van der Waals surface area contributed by atoms with Gasteiger partial charge >= 0.3 is 0 Å². The Morgan fingerprint density at radius 2 is 1.93 bits per heavy atom. The minimum atomic E-state index is 0.348. The minimum absolute atomic E-state index is 0.348. The summed E-state index contributed by atoms with van der Waals surface area (Å²) in [5.74, 6) is 1.10. The maximum Gasteiger partial charge on any atom is 0.153 e. The Hall–Kier alpha value is -1.07. The Morgan fingerprint density at radius 1 is 1.27 bits per heavy atom. The van der Waals surface area contributed by atoms with Crippen LogP contribution in [0.3, 0.4) is 0 Å². The third-order valence-corrected chi connectivity index (χ3v) is 2.96. The highest BCUT2D eigenvalue weighted by Gasteiger charge is 2.18. The second kappa shape index (κ2) is 4.20. The molecule has 0 bridgehead atoms. The van der Waals surface area contributed by atoms with E-state index in [4.69, 9.17) is 17.3 Å². The lowest BCUT2D eigenvalue weighted by atomic mass is 10.3. The van der Waals surface area contributed by atoms with Crippen LogP contribution in [-0.2, 0) is 0 Å². The first-order valence-electron chi connectivity index (χ1n) is 4.88. The van der Waals surface area contributed by atoms with Crippen molar-refractivity contribution in [2.75, 3.05) is 43.9 Å². The molecule has 1 saturated heterocycles. The van der Waals surface area contributed by atoms with E-state index in [2.05, 4.69) is 26.8 Å². The van der Waals surface area contributed by atoms with E-state index in [1.807, 2.05) is 0 Å². The Morgan fingerprint density at radius 3 is 2.60 bits per heavy atom. The Bertz CT molecular complexity index is 348. The molecule has 1 aromatic heterocycles. The number of aromatic nitrogens is 2. The zero-order valence-corrected chi connectivity index (χ0v) is 9.41. The van der Waals surface area contributed by atoms with E-state index in [9.17, 15) is 0 Å². The molecule has 5 nitrogen and oxygen atoms in total. The number of anilines is 2. The second-order valence-electron chi connectivity index (χ2n) is 3.69. The van der Waals surface area contributed by atoms with Crippen molar-refractivity contribution in [3.05, 3.63) is 11.3 Å². The summed E-state index contributed by atoms with van der Waals surface area (Å²) >= 11 is 6.06. The third-order valence-electron chi connectivity index (χ3n) is 2.60. The number of rotatable bonds is 1. The van der Waals surface area contributed by atoms with Crippen molar-refractivity contribution in [3.63, 3.8) is 0 Å². The first-order valence-corrected chi connectivity index (χ1v) is 5.25. The van der Waals surface area contributed by atoms with Crippen LogP contribution in [0, 0.1) is 0 Å². The number of nitrogens with two attached hydrogens (primary N) is 1. The lowest BCUT2D eigenvalue weighted by Gasteiger charge is -2.33. The van der Waals surface area contributed by atoms with Gasteiger partial charge in [-0.3, -0.25) is 0 Å². The molecule has 0 spiro atoms. The molecular weight excluding hydrogens is 214 g/mol. The summed E-state index contributed by atoms with van der Waals surface area (Å²) < 4.78 is 0. The summed E-state index contributed by atoms with van der Waals surface area (Å²) in [6.07, 6.45) is 1.45. The topological polar surface area (TPSA) is 58.3 Å². The van der Waals surface area contributed by atoms with Crippen LogP contribution in [0.4, 0.5) is 11.6 Å². The predicted octanol–water partition coefficient (Wildman–Crippen LogP) is 0.464. The fourth-order valence-corrected chi connectivity index (χ4v) is 1.83. The van der Waals surface area contributed by atoms with E-state index in [0.717, 1.165) is 32.0 Å². The fourth-order valence-electron chi connectivity index (χ4n) is 1.61. The molecular formula is C9H14ClN5. The molecule has 1 aromatic rings. The third kappa shape index (κ3) is 2.13. The van der Waals surface area contributed by atoms with Crippen molar-refractivity contribution in [1.82, 2.24) is 14.9 Å². The lowest BCUT2D eigenvalue weighted by Crippen LogP contribution is -2.45. The summed E-state index contributed by atoms with van der Waals surface area (Å²) in [4.78, 5) is 12.4. The molecule has 82 valence electrons. The highest BCUT2D eigenvalue weighted by atomic mass is 35.5. The van der Waals surface area contributed by atoms with E-state index < -0.39 is 0 Å². The molecule has 0 saturated carbocycles. The Labute approximate surface area is 93.9 Å². The van der Waals surface area contributed by atoms with Crippen molar-refractivity contribution in [2.45, 2.75) is 0 Å². The van der Waals surface area contributed by atoms with Gasteiger partial charge in [0, 0.05) is 26.2 Å². The molecule has 0 amide bonds. The average Bonchev–Trinajstić information content (AvgIpc) is 2.24. The number of piperazine rings is 1. The van der Waals surface area contributed by atoms with Crippen LogP contribution in [0.5, 0.6) is 0 Å². The number of nitrogens with zero attached hydrogens (tertiary/aromatic N) is 4. The van der Waals surface area contributed by atoms with Gasteiger partial charge in [0.15, 0.2) is 5.82 Å². The van der Waals surface area contributed by atoms with Gasteiger partial charge in [0.25, 0.3) is 0 Å². The molecule has 2 heterocycles. The molecule has 2 N–H and O–H groups in total. The number of halogens is 1. The Kier molecular flexibility index (Phi) is 2.93. The van der Waals surface area contributed by atoms with E-state index in [1.54, 1.807) is 0 Å². The summed E-state index contributed by atoms with van der Waals surface area (Å²) in [7, 11) is 2.10. The van der Waals surface area contributed by atoms with E-state index in [-0.39, 0.29) is 0 Å². The smallest absolute Gasteiger partial charge is 0.153 e. The second-order valence-corrected chi connectivity index (χ2v) is 4.06. The maximum atomic E-state index is 6.06. The van der Waals surface area contributed by atoms with Gasteiger partial charge in [0.1, 0.15) is 17.2 Å². The van der Waals surface area contributed by atoms with Crippen LogP contribution in [0.15, 0.2) is 6.33 Å². The first kappa shape index (κ1) is 10.4. The van der Waals surface area contributed by atoms with E-state index >= 15 is 0 Å². The number of hydrogen-bond donors (Lipinski definition) is 1. The molecule has 0 aromatic carbocycles. The normalized spacial score (nSPS) is 18.1. The summed E-state index contributed by atoms with van der Waals surface area (Å²) in [5, 5.41) is 0.460. The summed E-state index contributed by atoms with van der Waals surface area (Å²) in [6, 6.07) is 0. The SMILES string of the molecule is CN1CCN(c2ncnc(N)c2Cl)CC1. The molecule has 2 rings (SSSR count). The molecule has 0 atom stereocenters. The van der Waals surface area contributed by atoms with E-state index in [1.165, 1.54) is 6.33 Å². The van der Waals surface area contributed by atoms with Crippen molar-refractivity contribution in [1.29, 1.82) is 0 Å². The van der Waals surface area contributed by atoms with Gasteiger partial charge in [-0.05, 0) is 7.05 Å². The standard InChI is InChI=1S/C9H14ClN5/c1-14-2-4-15(5-3-14)9-7(10)8(11)12-6-13-9/h6H,2-5H2,1H3,(H2,11,12,13).